The summed E-state index contributed by atoms with van der Waals surface area (Å²) in [6.45, 7) is 1.13. The van der Waals surface area contributed by atoms with Crippen molar-refractivity contribution in [1.82, 2.24) is 10.6 Å². The van der Waals surface area contributed by atoms with Gasteiger partial charge in [0.1, 0.15) is 5.75 Å². The van der Waals surface area contributed by atoms with E-state index in [0.29, 0.717) is 41.8 Å². The predicted molar refractivity (Wildman–Crippen MR) is 90.9 cm³/mol. The molecule has 1 aromatic rings. The lowest BCUT2D eigenvalue weighted by molar-refractivity contribution is -0.124. The summed E-state index contributed by atoms with van der Waals surface area (Å²) in [6.07, 6.45) is 2.04. The lowest BCUT2D eigenvalue weighted by Gasteiger charge is -2.09. The van der Waals surface area contributed by atoms with Gasteiger partial charge in [0, 0.05) is 24.5 Å². The third kappa shape index (κ3) is 8.64. The van der Waals surface area contributed by atoms with Gasteiger partial charge in [-0.2, -0.15) is 0 Å². The summed E-state index contributed by atoms with van der Waals surface area (Å²) in [5.41, 5.74) is 5.35. The lowest BCUT2D eigenvalue weighted by atomic mass is 10.2. The molecule has 0 heterocycles. The number of hydrogen-bond donors (Lipinski definition) is 3. The van der Waals surface area contributed by atoms with Crippen molar-refractivity contribution < 1.29 is 14.3 Å². The number of ether oxygens (including phenoxy) is 1. The Hall–Kier alpha value is -1.50. The van der Waals surface area contributed by atoms with Gasteiger partial charge in [0.25, 0.3) is 5.91 Å². The van der Waals surface area contributed by atoms with Crippen LogP contribution in [0.1, 0.15) is 19.3 Å². The molecule has 8 heteroatoms. The number of nitrogens with one attached hydrogen (secondary N) is 2. The van der Waals surface area contributed by atoms with Crippen LogP contribution in [-0.4, -0.2) is 38.1 Å². The number of nitrogens with two attached hydrogens (primary N) is 1. The van der Waals surface area contributed by atoms with Gasteiger partial charge in [0.15, 0.2) is 6.61 Å². The number of benzene rings is 1. The molecule has 0 aliphatic heterocycles. The number of hydrogen-bond acceptors (Lipinski definition) is 4. The Morgan fingerprint density at radius 1 is 1.09 bits per heavy atom. The van der Waals surface area contributed by atoms with Crippen molar-refractivity contribution in [1.29, 1.82) is 0 Å². The van der Waals surface area contributed by atoms with Crippen molar-refractivity contribution in [2.75, 3.05) is 26.2 Å². The maximum absolute atomic E-state index is 11.6. The van der Waals surface area contributed by atoms with Gasteiger partial charge in [-0.25, -0.2) is 0 Å². The van der Waals surface area contributed by atoms with E-state index >= 15 is 0 Å². The Morgan fingerprint density at radius 3 is 2.43 bits per heavy atom. The van der Waals surface area contributed by atoms with Gasteiger partial charge in [-0.15, -0.1) is 0 Å². The molecule has 23 heavy (non-hydrogen) atoms. The second-order valence-electron chi connectivity index (χ2n) is 4.81. The highest BCUT2D eigenvalue weighted by Crippen LogP contribution is 2.27. The van der Waals surface area contributed by atoms with Crippen molar-refractivity contribution in [2.45, 2.75) is 19.3 Å². The quantitative estimate of drug-likeness (QED) is 0.553. The van der Waals surface area contributed by atoms with Gasteiger partial charge in [-0.1, -0.05) is 23.2 Å². The Morgan fingerprint density at radius 2 is 1.78 bits per heavy atom. The molecule has 0 radical (unpaired) electrons. The van der Waals surface area contributed by atoms with E-state index in [4.69, 9.17) is 33.7 Å². The molecule has 0 bridgehead atoms. The highest BCUT2D eigenvalue weighted by molar-refractivity contribution is 6.35. The zero-order chi connectivity index (χ0) is 17.1. The van der Waals surface area contributed by atoms with E-state index in [1.807, 2.05) is 0 Å². The summed E-state index contributed by atoms with van der Waals surface area (Å²) < 4.78 is 5.30. The zero-order valence-corrected chi connectivity index (χ0v) is 14.3. The minimum Gasteiger partial charge on any atom is -0.482 e. The van der Waals surface area contributed by atoms with Crippen LogP contribution in [-0.2, 0) is 9.59 Å². The Labute approximate surface area is 145 Å². The van der Waals surface area contributed by atoms with Crippen molar-refractivity contribution in [2.24, 2.45) is 5.73 Å². The van der Waals surface area contributed by atoms with Crippen LogP contribution in [0.5, 0.6) is 5.75 Å². The van der Waals surface area contributed by atoms with Crippen LogP contribution >= 0.6 is 23.2 Å². The van der Waals surface area contributed by atoms with Crippen LogP contribution in [0.3, 0.4) is 0 Å². The zero-order valence-electron chi connectivity index (χ0n) is 12.7. The van der Waals surface area contributed by atoms with Crippen molar-refractivity contribution in [3.63, 3.8) is 0 Å². The second kappa shape index (κ2) is 11.1. The van der Waals surface area contributed by atoms with E-state index < -0.39 is 0 Å². The third-order valence-corrected chi connectivity index (χ3v) is 3.41. The molecule has 0 spiro atoms. The van der Waals surface area contributed by atoms with Gasteiger partial charge in [0.05, 0.1) is 5.02 Å². The maximum Gasteiger partial charge on any atom is 0.258 e. The number of carbonyl (C=O) groups excluding carboxylic acids is 2. The molecule has 0 fully saturated rings. The minimum atomic E-state index is -0.298. The lowest BCUT2D eigenvalue weighted by Crippen LogP contribution is -2.36. The smallest absolute Gasteiger partial charge is 0.258 e. The van der Waals surface area contributed by atoms with Crippen LogP contribution in [0.2, 0.25) is 10.0 Å². The van der Waals surface area contributed by atoms with Gasteiger partial charge >= 0.3 is 0 Å². The number of carbonyl (C=O) groups is 2. The molecule has 0 aliphatic carbocycles. The maximum atomic E-state index is 11.6. The summed E-state index contributed by atoms with van der Waals surface area (Å²) in [5.74, 6) is 0.0460. The first-order valence-electron chi connectivity index (χ1n) is 7.34. The summed E-state index contributed by atoms with van der Waals surface area (Å²) in [7, 11) is 0. The average molecular weight is 362 g/mol. The largest absolute Gasteiger partial charge is 0.482 e. The van der Waals surface area contributed by atoms with Crippen LogP contribution in [0.25, 0.3) is 0 Å². The Kier molecular flexibility index (Phi) is 9.43. The van der Waals surface area contributed by atoms with E-state index in [1.54, 1.807) is 12.1 Å². The fourth-order valence-corrected chi connectivity index (χ4v) is 2.17. The number of halogens is 2. The average Bonchev–Trinajstić information content (AvgIpc) is 2.51. The van der Waals surface area contributed by atoms with Crippen LogP contribution < -0.4 is 21.1 Å². The van der Waals surface area contributed by atoms with Crippen molar-refractivity contribution in [3.8, 4) is 5.75 Å². The summed E-state index contributed by atoms with van der Waals surface area (Å²) in [4.78, 5) is 23.0. The topological polar surface area (TPSA) is 93.5 Å². The van der Waals surface area contributed by atoms with Crippen molar-refractivity contribution in [3.05, 3.63) is 28.2 Å². The molecular formula is C15H21Cl2N3O3. The molecule has 0 aliphatic rings. The first kappa shape index (κ1) is 19.5. The normalized spacial score (nSPS) is 10.2. The van der Waals surface area contributed by atoms with Gasteiger partial charge < -0.3 is 21.1 Å². The fraction of sp³-hybridized carbons (Fsp3) is 0.467. The van der Waals surface area contributed by atoms with E-state index in [-0.39, 0.29) is 18.4 Å². The molecule has 128 valence electrons. The van der Waals surface area contributed by atoms with E-state index in [1.165, 1.54) is 6.07 Å². The molecule has 4 N–H and O–H groups in total. The summed E-state index contributed by atoms with van der Waals surface area (Å²) in [6, 6.07) is 4.76. The molecule has 0 aromatic heterocycles. The van der Waals surface area contributed by atoms with E-state index in [0.717, 1.165) is 12.8 Å². The molecule has 6 nitrogen and oxygen atoms in total. The molecule has 2 amide bonds. The summed E-state index contributed by atoms with van der Waals surface area (Å²) >= 11 is 11.7. The molecule has 0 atom stereocenters. The number of unbranched alkanes of at least 4 members (excludes halogenated alkanes) is 1. The second-order valence-corrected chi connectivity index (χ2v) is 5.65. The molecular weight excluding hydrogens is 341 g/mol. The standard InChI is InChI=1S/C15H21Cl2N3O3/c16-11-4-5-13(12(17)9-11)23-10-15(22)20-8-7-19-14(21)3-1-2-6-18/h4-5,9H,1-3,6-8,10,18H2,(H,19,21)(H,20,22). The van der Waals surface area contributed by atoms with Gasteiger partial charge in [-0.05, 0) is 37.6 Å². The first-order chi connectivity index (χ1) is 11.0. The molecule has 1 rings (SSSR count). The monoisotopic (exact) mass is 361 g/mol. The molecule has 0 saturated heterocycles. The molecule has 0 unspecified atom stereocenters. The molecule has 1 aromatic carbocycles. The predicted octanol–water partition coefficient (Wildman–Crippen LogP) is 1.73. The Balaban J connectivity index is 2.14. The molecule has 0 saturated carbocycles. The van der Waals surface area contributed by atoms with E-state index in [2.05, 4.69) is 10.6 Å². The minimum absolute atomic E-state index is 0.0445. The fourth-order valence-electron chi connectivity index (χ4n) is 1.71. The highest BCUT2D eigenvalue weighted by atomic mass is 35.5. The number of rotatable bonds is 10. The van der Waals surface area contributed by atoms with Crippen LogP contribution in [0.15, 0.2) is 18.2 Å². The number of amides is 2. The van der Waals surface area contributed by atoms with Crippen LogP contribution in [0, 0.1) is 0 Å². The summed E-state index contributed by atoms with van der Waals surface area (Å²) in [5, 5.41) is 6.19. The Bertz CT molecular complexity index is 527. The van der Waals surface area contributed by atoms with Gasteiger partial charge in [-0.3, -0.25) is 9.59 Å². The first-order valence-corrected chi connectivity index (χ1v) is 8.10. The van der Waals surface area contributed by atoms with Crippen molar-refractivity contribution >= 4 is 35.0 Å². The SMILES string of the molecule is NCCCCC(=O)NCCNC(=O)COc1ccc(Cl)cc1Cl. The van der Waals surface area contributed by atoms with Gasteiger partial charge in [0.2, 0.25) is 5.91 Å². The van der Waals surface area contributed by atoms with E-state index in [9.17, 15) is 9.59 Å². The van der Waals surface area contributed by atoms with Crippen LogP contribution in [0.4, 0.5) is 0 Å². The highest BCUT2D eigenvalue weighted by Gasteiger charge is 2.06. The third-order valence-electron chi connectivity index (χ3n) is 2.88.